The summed E-state index contributed by atoms with van der Waals surface area (Å²) in [5.41, 5.74) is 3.00. The van der Waals surface area contributed by atoms with Gasteiger partial charge in [-0.15, -0.1) is 0 Å². The quantitative estimate of drug-likeness (QED) is 0.515. The minimum Gasteiger partial charge on any atom is -0.367 e. The van der Waals surface area contributed by atoms with Gasteiger partial charge in [-0.25, -0.2) is 14.4 Å². The van der Waals surface area contributed by atoms with E-state index in [0.717, 1.165) is 34.2 Å². The van der Waals surface area contributed by atoms with Crippen LogP contribution in [0.4, 0.5) is 21.8 Å². The second-order valence-electron chi connectivity index (χ2n) is 8.49. The van der Waals surface area contributed by atoms with Crippen molar-refractivity contribution < 1.29 is 4.39 Å². The minimum atomic E-state index is -0.750. The summed E-state index contributed by atoms with van der Waals surface area (Å²) in [5, 5.41) is 5.42. The summed E-state index contributed by atoms with van der Waals surface area (Å²) in [6.45, 7) is 1.17. The van der Waals surface area contributed by atoms with Gasteiger partial charge in [0.25, 0.3) is 0 Å². The van der Waals surface area contributed by atoms with Gasteiger partial charge in [-0.3, -0.25) is 4.98 Å². The third-order valence-corrected chi connectivity index (χ3v) is 6.52. The number of aromatic nitrogens is 5. The standard InChI is InChI=1S/C23H24FN7/c24-15-8-10-30(14-15)17-5-6-21(26-11-17)28-23-27-12-19-18-7-9-25-13-20(18)31(22(19)29-23)16-3-1-2-4-16/h5-7,9,11-13,15-16H,1-4,8,10,14H2,(H,26,27,28,29)/t15-/m1/s1. The molecule has 4 aromatic heterocycles. The van der Waals surface area contributed by atoms with E-state index >= 15 is 0 Å². The maximum atomic E-state index is 13.5. The van der Waals surface area contributed by atoms with Crippen LogP contribution in [0.5, 0.6) is 0 Å². The molecule has 0 amide bonds. The molecule has 0 aromatic carbocycles. The van der Waals surface area contributed by atoms with Crippen LogP contribution in [0.2, 0.25) is 0 Å². The van der Waals surface area contributed by atoms with Gasteiger partial charge < -0.3 is 14.8 Å². The Morgan fingerprint density at radius 1 is 0.968 bits per heavy atom. The summed E-state index contributed by atoms with van der Waals surface area (Å²) in [6.07, 6.45) is 12.1. The molecule has 31 heavy (non-hydrogen) atoms. The highest BCUT2D eigenvalue weighted by molar-refractivity contribution is 6.06. The molecule has 1 saturated heterocycles. The fourth-order valence-electron chi connectivity index (χ4n) is 4.97. The van der Waals surface area contributed by atoms with Crippen molar-refractivity contribution in [1.82, 2.24) is 24.5 Å². The van der Waals surface area contributed by atoms with Crippen molar-refractivity contribution in [2.24, 2.45) is 0 Å². The molecule has 0 radical (unpaired) electrons. The predicted molar refractivity (Wildman–Crippen MR) is 120 cm³/mol. The number of rotatable bonds is 4. The Bertz CT molecular complexity index is 1230. The van der Waals surface area contributed by atoms with Crippen LogP contribution < -0.4 is 10.2 Å². The van der Waals surface area contributed by atoms with Crippen LogP contribution in [0.25, 0.3) is 21.9 Å². The largest absolute Gasteiger partial charge is 0.367 e. The van der Waals surface area contributed by atoms with E-state index < -0.39 is 6.17 Å². The van der Waals surface area contributed by atoms with Crippen LogP contribution in [0, 0.1) is 0 Å². The highest BCUT2D eigenvalue weighted by atomic mass is 19.1. The second-order valence-corrected chi connectivity index (χ2v) is 8.49. The monoisotopic (exact) mass is 417 g/mol. The Morgan fingerprint density at radius 3 is 2.65 bits per heavy atom. The van der Waals surface area contributed by atoms with Crippen molar-refractivity contribution in [3.05, 3.63) is 43.0 Å². The molecule has 2 aliphatic rings. The van der Waals surface area contributed by atoms with E-state index in [-0.39, 0.29) is 0 Å². The fourth-order valence-corrected chi connectivity index (χ4v) is 4.97. The number of hydrogen-bond acceptors (Lipinski definition) is 6. The van der Waals surface area contributed by atoms with Gasteiger partial charge in [0, 0.05) is 42.3 Å². The Morgan fingerprint density at radius 2 is 1.87 bits per heavy atom. The lowest BCUT2D eigenvalue weighted by molar-refractivity contribution is 0.364. The molecule has 2 fully saturated rings. The lowest BCUT2D eigenvalue weighted by Crippen LogP contribution is -2.19. The Kier molecular flexibility index (Phi) is 4.44. The number of pyridine rings is 2. The van der Waals surface area contributed by atoms with E-state index in [9.17, 15) is 4.39 Å². The van der Waals surface area contributed by atoms with Gasteiger partial charge in [0.1, 0.15) is 17.6 Å². The molecular weight excluding hydrogens is 393 g/mol. The summed E-state index contributed by atoms with van der Waals surface area (Å²) in [5.74, 6) is 1.19. The highest BCUT2D eigenvalue weighted by Gasteiger charge is 2.24. The summed E-state index contributed by atoms with van der Waals surface area (Å²) in [4.78, 5) is 20.3. The van der Waals surface area contributed by atoms with E-state index in [2.05, 4.69) is 24.8 Å². The number of fused-ring (bicyclic) bond motifs is 3. The van der Waals surface area contributed by atoms with E-state index in [4.69, 9.17) is 4.98 Å². The Balaban J connectivity index is 1.33. The number of nitrogens with one attached hydrogen (secondary N) is 1. The maximum absolute atomic E-state index is 13.5. The van der Waals surface area contributed by atoms with Crippen molar-refractivity contribution in [3.8, 4) is 0 Å². The Hall–Kier alpha value is -3.29. The van der Waals surface area contributed by atoms with Gasteiger partial charge >= 0.3 is 0 Å². The molecule has 1 saturated carbocycles. The van der Waals surface area contributed by atoms with E-state index in [1.807, 2.05) is 41.7 Å². The van der Waals surface area contributed by atoms with Crippen molar-refractivity contribution in [2.45, 2.75) is 44.3 Å². The van der Waals surface area contributed by atoms with Gasteiger partial charge in [0.2, 0.25) is 5.95 Å². The zero-order valence-electron chi connectivity index (χ0n) is 17.2. The second kappa shape index (κ2) is 7.44. The van der Waals surface area contributed by atoms with Crippen LogP contribution in [0.15, 0.2) is 43.0 Å². The van der Waals surface area contributed by atoms with Crippen LogP contribution >= 0.6 is 0 Å². The van der Waals surface area contributed by atoms with Crippen LogP contribution in [-0.4, -0.2) is 43.8 Å². The predicted octanol–water partition coefficient (Wildman–Crippen LogP) is 4.78. The molecular formula is C23H24FN7. The van der Waals surface area contributed by atoms with Gasteiger partial charge in [-0.05, 0) is 37.5 Å². The van der Waals surface area contributed by atoms with Gasteiger partial charge in [-0.2, -0.15) is 4.98 Å². The third-order valence-electron chi connectivity index (χ3n) is 6.52. The molecule has 0 unspecified atom stereocenters. The number of halogens is 1. The summed E-state index contributed by atoms with van der Waals surface area (Å²) >= 11 is 0. The van der Waals surface area contributed by atoms with E-state index in [1.165, 1.54) is 25.7 Å². The average molecular weight is 417 g/mol. The SMILES string of the molecule is F[C@@H]1CCN(c2ccc(Nc3ncc4c5ccncc5n(C5CCCC5)c4n3)nc2)C1. The zero-order valence-corrected chi connectivity index (χ0v) is 17.2. The number of anilines is 3. The lowest BCUT2D eigenvalue weighted by atomic mass is 10.2. The van der Waals surface area contributed by atoms with E-state index in [0.29, 0.717) is 30.8 Å². The van der Waals surface area contributed by atoms with Gasteiger partial charge in [0.15, 0.2) is 0 Å². The molecule has 0 bridgehead atoms. The topological polar surface area (TPSA) is 71.8 Å². The normalized spacial score (nSPS) is 19.6. The molecule has 1 aliphatic heterocycles. The maximum Gasteiger partial charge on any atom is 0.230 e. The van der Waals surface area contributed by atoms with Crippen LogP contribution in [-0.2, 0) is 0 Å². The molecule has 4 aromatic rings. The summed E-state index contributed by atoms with van der Waals surface area (Å²) < 4.78 is 15.8. The molecule has 7 nitrogen and oxygen atoms in total. The molecule has 8 heteroatoms. The first kappa shape index (κ1) is 18.5. The smallest absolute Gasteiger partial charge is 0.230 e. The molecule has 5 heterocycles. The Labute approximate surface area is 179 Å². The molecule has 6 rings (SSSR count). The van der Waals surface area contributed by atoms with Crippen molar-refractivity contribution in [3.63, 3.8) is 0 Å². The lowest BCUT2D eigenvalue weighted by Gasteiger charge is -2.17. The summed E-state index contributed by atoms with van der Waals surface area (Å²) in [6, 6.07) is 6.35. The first-order chi connectivity index (χ1) is 15.3. The molecule has 158 valence electrons. The van der Waals surface area contributed by atoms with Crippen LogP contribution in [0.1, 0.15) is 38.1 Å². The van der Waals surface area contributed by atoms with Crippen molar-refractivity contribution in [2.75, 3.05) is 23.3 Å². The summed E-state index contributed by atoms with van der Waals surface area (Å²) in [7, 11) is 0. The molecule has 1 aliphatic carbocycles. The van der Waals surface area contributed by atoms with Crippen molar-refractivity contribution >= 4 is 39.4 Å². The van der Waals surface area contributed by atoms with E-state index in [1.54, 1.807) is 6.20 Å². The first-order valence-corrected chi connectivity index (χ1v) is 11.0. The average Bonchev–Trinajstić information content (AvgIpc) is 3.53. The zero-order chi connectivity index (χ0) is 20.8. The number of hydrogen-bond donors (Lipinski definition) is 1. The molecule has 1 atom stereocenters. The highest BCUT2D eigenvalue weighted by Crippen LogP contribution is 2.37. The third kappa shape index (κ3) is 3.26. The number of nitrogens with zero attached hydrogens (tertiary/aromatic N) is 6. The fraction of sp³-hybridized carbons (Fsp3) is 0.391. The first-order valence-electron chi connectivity index (χ1n) is 11.0. The van der Waals surface area contributed by atoms with Crippen LogP contribution in [0.3, 0.4) is 0 Å². The molecule has 0 spiro atoms. The number of alkyl halides is 1. The van der Waals surface area contributed by atoms with Crippen molar-refractivity contribution in [1.29, 1.82) is 0 Å². The molecule has 1 N–H and O–H groups in total. The van der Waals surface area contributed by atoms with Gasteiger partial charge in [-0.1, -0.05) is 12.8 Å². The minimum absolute atomic E-state index is 0.439. The van der Waals surface area contributed by atoms with Gasteiger partial charge in [0.05, 0.1) is 23.6 Å².